The highest BCUT2D eigenvalue weighted by molar-refractivity contribution is 7.89. The van der Waals surface area contributed by atoms with Gasteiger partial charge in [0.15, 0.2) is 0 Å². The molecule has 6 nitrogen and oxygen atoms in total. The van der Waals surface area contributed by atoms with E-state index in [2.05, 4.69) is 0 Å². The molecule has 2 aromatic carbocycles. The molecule has 0 aliphatic heterocycles. The largest absolute Gasteiger partial charge is 0.464 e. The summed E-state index contributed by atoms with van der Waals surface area (Å²) in [4.78, 5) is 13.5. The Balaban J connectivity index is 1.80. The maximum Gasteiger partial charge on any atom is 0.266 e. The smallest absolute Gasteiger partial charge is 0.266 e. The van der Waals surface area contributed by atoms with Crippen molar-refractivity contribution in [3.63, 3.8) is 0 Å². The molecule has 3 aromatic rings. The molecule has 1 amide bonds. The summed E-state index contributed by atoms with van der Waals surface area (Å²) in [5.41, 5.74) is 2.68. The fourth-order valence-electron chi connectivity index (χ4n) is 2.21. The van der Waals surface area contributed by atoms with Crippen molar-refractivity contribution in [3.05, 3.63) is 77.3 Å². The summed E-state index contributed by atoms with van der Waals surface area (Å²) in [6, 6.07) is 12.6. The Labute approximate surface area is 153 Å². The molecule has 26 heavy (non-hydrogen) atoms. The lowest BCUT2D eigenvalue weighted by atomic mass is 10.1. The molecule has 0 radical (unpaired) electrons. The van der Waals surface area contributed by atoms with Crippen LogP contribution >= 0.6 is 11.6 Å². The van der Waals surface area contributed by atoms with E-state index in [1.165, 1.54) is 30.5 Å². The molecule has 0 spiro atoms. The van der Waals surface area contributed by atoms with Gasteiger partial charge >= 0.3 is 0 Å². The maximum atomic E-state index is 13.6. The Morgan fingerprint density at radius 2 is 1.85 bits per heavy atom. The van der Waals surface area contributed by atoms with E-state index in [1.54, 1.807) is 18.2 Å². The molecule has 0 saturated carbocycles. The third kappa shape index (κ3) is 3.93. The van der Waals surface area contributed by atoms with Crippen LogP contribution in [0.4, 0.5) is 4.39 Å². The first kappa shape index (κ1) is 18.1. The molecule has 0 saturated heterocycles. The van der Waals surface area contributed by atoms with E-state index in [9.17, 15) is 17.6 Å². The number of halogens is 2. The SMILES string of the molecule is O=C(NNS(=O)(=O)c1ccccc1F)c1cc(Cl)cc(-c2ccco2)c1. The number of sulfonamides is 1. The van der Waals surface area contributed by atoms with Crippen LogP contribution in [0, 0.1) is 5.82 Å². The highest BCUT2D eigenvalue weighted by atomic mass is 35.5. The lowest BCUT2D eigenvalue weighted by Gasteiger charge is -2.10. The Morgan fingerprint density at radius 3 is 2.54 bits per heavy atom. The van der Waals surface area contributed by atoms with Crippen molar-refractivity contribution in [2.75, 3.05) is 0 Å². The quantitative estimate of drug-likeness (QED) is 0.649. The molecule has 0 atom stereocenters. The third-order valence-electron chi connectivity index (χ3n) is 3.39. The summed E-state index contributed by atoms with van der Waals surface area (Å²) in [6.45, 7) is 0. The second-order valence-corrected chi connectivity index (χ2v) is 7.28. The summed E-state index contributed by atoms with van der Waals surface area (Å²) in [5, 5.41) is 0.265. The topological polar surface area (TPSA) is 88.4 Å². The van der Waals surface area contributed by atoms with Crippen molar-refractivity contribution in [2.24, 2.45) is 0 Å². The van der Waals surface area contributed by atoms with E-state index in [4.69, 9.17) is 16.0 Å². The standard InChI is InChI=1S/C17H12ClFN2O4S/c18-13-9-11(15-5-3-7-25-15)8-12(10-13)17(22)20-21-26(23,24)16-6-2-1-4-14(16)19/h1-10,21H,(H,20,22). The first-order valence-electron chi connectivity index (χ1n) is 7.28. The van der Waals surface area contributed by atoms with Gasteiger partial charge in [-0.15, -0.1) is 4.83 Å². The van der Waals surface area contributed by atoms with Gasteiger partial charge < -0.3 is 4.42 Å². The van der Waals surface area contributed by atoms with Crippen molar-refractivity contribution in [1.29, 1.82) is 0 Å². The number of nitrogens with one attached hydrogen (secondary N) is 2. The predicted octanol–water partition coefficient (Wildman–Crippen LogP) is 3.36. The van der Waals surface area contributed by atoms with Crippen LogP contribution in [0.2, 0.25) is 5.02 Å². The molecular weight excluding hydrogens is 383 g/mol. The van der Waals surface area contributed by atoms with Gasteiger partial charge in [-0.1, -0.05) is 23.7 Å². The van der Waals surface area contributed by atoms with Gasteiger partial charge in [0.2, 0.25) is 0 Å². The number of hydrogen-bond acceptors (Lipinski definition) is 4. The lowest BCUT2D eigenvalue weighted by Crippen LogP contribution is -2.41. The first-order valence-corrected chi connectivity index (χ1v) is 9.14. The van der Waals surface area contributed by atoms with E-state index in [1.807, 2.05) is 10.3 Å². The summed E-state index contributed by atoms with van der Waals surface area (Å²) < 4.78 is 43.1. The van der Waals surface area contributed by atoms with E-state index in [0.717, 1.165) is 12.1 Å². The number of rotatable bonds is 5. The second-order valence-electron chi connectivity index (χ2n) is 5.20. The average molecular weight is 395 g/mol. The summed E-state index contributed by atoms with van der Waals surface area (Å²) in [5.74, 6) is -1.20. The van der Waals surface area contributed by atoms with Gasteiger partial charge in [-0.05, 0) is 42.5 Å². The molecule has 0 fully saturated rings. The first-order chi connectivity index (χ1) is 12.4. The van der Waals surface area contributed by atoms with Gasteiger partial charge in [0, 0.05) is 16.1 Å². The van der Waals surface area contributed by atoms with Crippen LogP contribution in [0.1, 0.15) is 10.4 Å². The molecule has 1 aromatic heterocycles. The number of furan rings is 1. The zero-order valence-corrected chi connectivity index (χ0v) is 14.6. The van der Waals surface area contributed by atoms with Gasteiger partial charge in [-0.2, -0.15) is 0 Å². The van der Waals surface area contributed by atoms with E-state index in [-0.39, 0.29) is 10.6 Å². The Morgan fingerprint density at radius 1 is 1.08 bits per heavy atom. The van der Waals surface area contributed by atoms with Crippen molar-refractivity contribution < 1.29 is 22.0 Å². The van der Waals surface area contributed by atoms with E-state index in [0.29, 0.717) is 11.3 Å². The van der Waals surface area contributed by atoms with Gasteiger partial charge in [0.25, 0.3) is 15.9 Å². The van der Waals surface area contributed by atoms with E-state index < -0.39 is 26.6 Å². The van der Waals surface area contributed by atoms with Crippen LogP contribution < -0.4 is 10.3 Å². The maximum absolute atomic E-state index is 13.6. The number of hydrazine groups is 1. The second kappa shape index (κ2) is 7.28. The Kier molecular flexibility index (Phi) is 5.08. The summed E-state index contributed by atoms with van der Waals surface area (Å²) in [6.07, 6.45) is 1.47. The van der Waals surface area contributed by atoms with Crippen LogP contribution in [-0.4, -0.2) is 14.3 Å². The number of amides is 1. The minimum absolute atomic E-state index is 0.0973. The fourth-order valence-corrected chi connectivity index (χ4v) is 3.36. The molecule has 3 rings (SSSR count). The molecule has 1 heterocycles. The normalized spacial score (nSPS) is 11.3. The Bertz CT molecular complexity index is 1050. The monoisotopic (exact) mass is 394 g/mol. The van der Waals surface area contributed by atoms with Crippen molar-refractivity contribution in [2.45, 2.75) is 4.90 Å². The van der Waals surface area contributed by atoms with Crippen molar-refractivity contribution in [3.8, 4) is 11.3 Å². The van der Waals surface area contributed by atoms with Crippen LogP contribution in [0.15, 0.2) is 70.2 Å². The number of benzene rings is 2. The minimum atomic E-state index is -4.27. The molecule has 0 bridgehead atoms. The zero-order chi connectivity index (χ0) is 18.7. The van der Waals surface area contributed by atoms with Gasteiger partial charge in [0.1, 0.15) is 16.5 Å². The molecule has 2 N–H and O–H groups in total. The highest BCUT2D eigenvalue weighted by Gasteiger charge is 2.20. The average Bonchev–Trinajstić information content (AvgIpc) is 3.14. The number of hydrogen-bond donors (Lipinski definition) is 2. The van der Waals surface area contributed by atoms with Gasteiger partial charge in [-0.25, -0.2) is 12.8 Å². The van der Waals surface area contributed by atoms with Gasteiger partial charge in [0.05, 0.1) is 6.26 Å². The Hall–Kier alpha value is -2.68. The zero-order valence-electron chi connectivity index (χ0n) is 13.1. The van der Waals surface area contributed by atoms with E-state index >= 15 is 0 Å². The van der Waals surface area contributed by atoms with Crippen LogP contribution in [0.3, 0.4) is 0 Å². The molecular formula is C17H12ClFN2O4S. The summed E-state index contributed by atoms with van der Waals surface area (Å²) >= 11 is 6.01. The number of carbonyl (C=O) groups excluding carboxylic acids is 1. The third-order valence-corrected chi connectivity index (χ3v) is 4.89. The van der Waals surface area contributed by atoms with Crippen molar-refractivity contribution >= 4 is 27.5 Å². The van der Waals surface area contributed by atoms with Crippen LogP contribution in [0.5, 0.6) is 0 Å². The van der Waals surface area contributed by atoms with Crippen LogP contribution in [0.25, 0.3) is 11.3 Å². The number of carbonyl (C=O) groups is 1. The van der Waals surface area contributed by atoms with Crippen molar-refractivity contribution in [1.82, 2.24) is 10.3 Å². The molecule has 0 aliphatic rings. The highest BCUT2D eigenvalue weighted by Crippen LogP contribution is 2.25. The molecule has 0 aliphatic carbocycles. The molecule has 134 valence electrons. The molecule has 0 unspecified atom stereocenters. The molecule has 9 heteroatoms. The predicted molar refractivity (Wildman–Crippen MR) is 93.3 cm³/mol. The van der Waals surface area contributed by atoms with Gasteiger partial charge in [-0.3, -0.25) is 10.2 Å². The lowest BCUT2D eigenvalue weighted by molar-refractivity contribution is 0.0945. The van der Waals surface area contributed by atoms with Crippen LogP contribution in [-0.2, 0) is 10.0 Å². The fraction of sp³-hybridized carbons (Fsp3) is 0. The summed E-state index contributed by atoms with van der Waals surface area (Å²) in [7, 11) is -4.27. The minimum Gasteiger partial charge on any atom is -0.464 e.